The van der Waals surface area contributed by atoms with Crippen LogP contribution in [0.4, 0.5) is 17.3 Å². The Morgan fingerprint density at radius 1 is 0.900 bits per heavy atom. The van der Waals surface area contributed by atoms with E-state index in [0.29, 0.717) is 0 Å². The van der Waals surface area contributed by atoms with Crippen molar-refractivity contribution in [2.45, 2.75) is 0 Å². The number of rotatable bonds is 2. The molecule has 1 nitrogen and oxygen atoms in total. The third kappa shape index (κ3) is 6.27. The lowest BCUT2D eigenvalue weighted by atomic mass is 10.1. The number of ether oxygens (including phenoxy) is 1. The summed E-state index contributed by atoms with van der Waals surface area (Å²) in [5.41, 5.74) is 2.49. The van der Waals surface area contributed by atoms with Gasteiger partial charge < -0.3 is 22.0 Å². The largest absolute Gasteiger partial charge is 0.673 e. The lowest BCUT2D eigenvalue weighted by Crippen LogP contribution is -2.02. The van der Waals surface area contributed by atoms with Crippen LogP contribution in [0, 0.1) is 3.57 Å². The summed E-state index contributed by atoms with van der Waals surface area (Å²) in [5.74, 6) is 0.893. The number of hydrogen-bond donors (Lipinski definition) is 0. The highest BCUT2D eigenvalue weighted by molar-refractivity contribution is 14.1. The standard InChI is InChI=1S/C13H11IO.BF4/c1-15-11-8-6-10(7-9-11)12-4-2-3-5-13(12)14;2-1(3,4)5/h2-9H,1H3;/q;-1. The van der Waals surface area contributed by atoms with Gasteiger partial charge in [-0.1, -0.05) is 30.3 Å². The fourth-order valence-corrected chi connectivity index (χ4v) is 2.16. The highest BCUT2D eigenvalue weighted by Gasteiger charge is 2.20. The number of methoxy groups -OCH3 is 1. The smallest absolute Gasteiger partial charge is 0.497 e. The predicted molar refractivity (Wildman–Crippen MR) is 81.3 cm³/mol. The first-order chi connectivity index (χ1) is 9.31. The average molecular weight is 397 g/mol. The van der Waals surface area contributed by atoms with Crippen LogP contribution in [0.5, 0.6) is 5.75 Å². The summed E-state index contributed by atoms with van der Waals surface area (Å²) in [6, 6.07) is 16.5. The zero-order valence-electron chi connectivity index (χ0n) is 10.5. The average Bonchev–Trinajstić information content (AvgIpc) is 2.38. The van der Waals surface area contributed by atoms with Crippen molar-refractivity contribution in [1.82, 2.24) is 0 Å². The van der Waals surface area contributed by atoms with Crippen LogP contribution in [0.15, 0.2) is 48.5 Å². The van der Waals surface area contributed by atoms with Gasteiger partial charge in [-0.3, -0.25) is 0 Å². The molecule has 2 rings (SSSR count). The zero-order valence-corrected chi connectivity index (χ0v) is 12.7. The van der Waals surface area contributed by atoms with Crippen LogP contribution in [0.2, 0.25) is 0 Å². The molecule has 2 aromatic carbocycles. The topological polar surface area (TPSA) is 9.23 Å². The Balaban J connectivity index is 0.000000347. The van der Waals surface area contributed by atoms with Crippen molar-refractivity contribution in [3.8, 4) is 16.9 Å². The molecular weight excluding hydrogens is 386 g/mol. The van der Waals surface area contributed by atoms with Crippen LogP contribution < -0.4 is 4.74 Å². The van der Waals surface area contributed by atoms with Gasteiger partial charge in [0.2, 0.25) is 0 Å². The maximum atomic E-state index is 9.75. The van der Waals surface area contributed by atoms with E-state index < -0.39 is 7.25 Å². The molecule has 0 heterocycles. The molecule has 0 aliphatic carbocycles. The minimum atomic E-state index is -6.00. The number of hydrogen-bond acceptors (Lipinski definition) is 1. The van der Waals surface area contributed by atoms with E-state index in [9.17, 15) is 17.3 Å². The van der Waals surface area contributed by atoms with Crippen LogP contribution in [-0.2, 0) is 0 Å². The van der Waals surface area contributed by atoms with Gasteiger partial charge in [0, 0.05) is 3.57 Å². The van der Waals surface area contributed by atoms with Crippen LogP contribution in [0.1, 0.15) is 0 Å². The van der Waals surface area contributed by atoms with Gasteiger partial charge in [-0.2, -0.15) is 0 Å². The van der Waals surface area contributed by atoms with Gasteiger partial charge in [-0.15, -0.1) is 0 Å². The van der Waals surface area contributed by atoms with Crippen molar-refractivity contribution in [2.75, 3.05) is 7.11 Å². The summed E-state index contributed by atoms with van der Waals surface area (Å²) >= 11 is 2.35. The van der Waals surface area contributed by atoms with E-state index in [0.717, 1.165) is 5.75 Å². The molecule has 0 amide bonds. The summed E-state index contributed by atoms with van der Waals surface area (Å²) < 4.78 is 45.4. The molecule has 0 unspecified atom stereocenters. The van der Waals surface area contributed by atoms with Crippen LogP contribution in [0.25, 0.3) is 11.1 Å². The summed E-state index contributed by atoms with van der Waals surface area (Å²) in [5, 5.41) is 0. The molecule has 0 atom stereocenters. The maximum Gasteiger partial charge on any atom is 0.673 e. The van der Waals surface area contributed by atoms with E-state index in [4.69, 9.17) is 4.74 Å². The van der Waals surface area contributed by atoms with Crippen molar-refractivity contribution in [3.05, 3.63) is 52.1 Å². The monoisotopic (exact) mass is 397 g/mol. The molecular formula is C13H11BF4IO-. The molecule has 20 heavy (non-hydrogen) atoms. The van der Waals surface area contributed by atoms with E-state index in [1.807, 2.05) is 12.1 Å². The molecule has 108 valence electrons. The van der Waals surface area contributed by atoms with E-state index in [2.05, 4.69) is 59.0 Å². The lowest BCUT2D eigenvalue weighted by Gasteiger charge is -2.05. The summed E-state index contributed by atoms with van der Waals surface area (Å²) in [4.78, 5) is 0. The van der Waals surface area contributed by atoms with Crippen LogP contribution >= 0.6 is 22.6 Å². The summed E-state index contributed by atoms with van der Waals surface area (Å²) in [6.45, 7) is 0. The Hall–Kier alpha value is -1.25. The normalized spacial score (nSPS) is 10.5. The second kappa shape index (κ2) is 7.51. The molecule has 0 N–H and O–H groups in total. The third-order valence-corrected chi connectivity index (χ3v) is 3.22. The first-order valence-corrected chi connectivity index (χ1v) is 6.65. The van der Waals surface area contributed by atoms with Crippen LogP contribution in [0.3, 0.4) is 0 Å². The van der Waals surface area contributed by atoms with Gasteiger partial charge in [0.1, 0.15) is 5.75 Å². The fraction of sp³-hybridized carbons (Fsp3) is 0.0769. The maximum absolute atomic E-state index is 9.75. The van der Waals surface area contributed by atoms with Crippen molar-refractivity contribution < 1.29 is 22.0 Å². The van der Waals surface area contributed by atoms with E-state index in [1.165, 1.54) is 14.7 Å². The molecule has 0 radical (unpaired) electrons. The van der Waals surface area contributed by atoms with Crippen molar-refractivity contribution in [2.24, 2.45) is 0 Å². The van der Waals surface area contributed by atoms with Crippen molar-refractivity contribution in [1.29, 1.82) is 0 Å². The zero-order chi connectivity index (χ0) is 15.2. The highest BCUT2D eigenvalue weighted by Crippen LogP contribution is 2.26. The summed E-state index contributed by atoms with van der Waals surface area (Å²) in [7, 11) is -4.32. The molecule has 0 aromatic heterocycles. The second-order valence-electron chi connectivity index (χ2n) is 3.70. The molecule has 0 fully saturated rings. The first-order valence-electron chi connectivity index (χ1n) is 5.57. The minimum Gasteiger partial charge on any atom is -0.497 e. The van der Waals surface area contributed by atoms with Crippen LogP contribution in [-0.4, -0.2) is 14.4 Å². The first kappa shape index (κ1) is 16.8. The second-order valence-corrected chi connectivity index (χ2v) is 4.87. The van der Waals surface area contributed by atoms with Gasteiger partial charge in [0.15, 0.2) is 0 Å². The molecule has 0 aliphatic heterocycles. The van der Waals surface area contributed by atoms with Gasteiger partial charge in [-0.05, 0) is 51.9 Å². The molecule has 0 saturated carbocycles. The Kier molecular flexibility index (Phi) is 6.32. The predicted octanol–water partition coefficient (Wildman–Crippen LogP) is 5.27. The molecule has 0 aliphatic rings. The summed E-state index contributed by atoms with van der Waals surface area (Å²) in [6.07, 6.45) is 0. The van der Waals surface area contributed by atoms with Gasteiger partial charge >= 0.3 is 7.25 Å². The SMILES string of the molecule is COc1ccc(-c2ccccc2I)cc1.F[B-](F)(F)F. The van der Waals surface area contributed by atoms with E-state index in [-0.39, 0.29) is 0 Å². The Bertz CT molecular complexity index is 537. The third-order valence-electron chi connectivity index (χ3n) is 2.27. The highest BCUT2D eigenvalue weighted by atomic mass is 127. The molecule has 0 saturated heterocycles. The van der Waals surface area contributed by atoms with Gasteiger partial charge in [0.25, 0.3) is 0 Å². The van der Waals surface area contributed by atoms with Gasteiger partial charge in [-0.25, -0.2) is 0 Å². The molecule has 2 aromatic rings. The number of halogens is 5. The van der Waals surface area contributed by atoms with E-state index in [1.54, 1.807) is 7.11 Å². The molecule has 7 heteroatoms. The quantitative estimate of drug-likeness (QED) is 0.382. The lowest BCUT2D eigenvalue weighted by molar-refractivity contribution is 0.368. The molecule has 0 spiro atoms. The fourth-order valence-electron chi connectivity index (χ4n) is 1.47. The number of benzene rings is 2. The van der Waals surface area contributed by atoms with Crippen molar-refractivity contribution >= 4 is 29.8 Å². The van der Waals surface area contributed by atoms with E-state index >= 15 is 0 Å². The minimum absolute atomic E-state index is 0.893. The van der Waals surface area contributed by atoms with Gasteiger partial charge in [0.05, 0.1) is 7.11 Å². The molecule has 0 bridgehead atoms. The Morgan fingerprint density at radius 3 is 1.85 bits per heavy atom. The van der Waals surface area contributed by atoms with Crippen molar-refractivity contribution in [3.63, 3.8) is 0 Å². The Labute approximate surface area is 128 Å². The Morgan fingerprint density at radius 2 is 1.40 bits per heavy atom.